The SMILES string of the molecule is CC=C[C@@H]1CC[C@@H]2CC(c3ccc(OC/C=C/C)cc3)CC[C@@H]2C1. The van der Waals surface area contributed by atoms with E-state index < -0.39 is 0 Å². The molecule has 1 nitrogen and oxygen atoms in total. The molecule has 4 atom stereocenters. The van der Waals surface area contributed by atoms with Crippen LogP contribution in [0.15, 0.2) is 48.6 Å². The van der Waals surface area contributed by atoms with Gasteiger partial charge in [-0.25, -0.2) is 0 Å². The minimum absolute atomic E-state index is 0.663. The zero-order chi connectivity index (χ0) is 16.8. The molecular formula is C23H32O. The number of hydrogen-bond donors (Lipinski definition) is 0. The van der Waals surface area contributed by atoms with Crippen molar-refractivity contribution in [2.24, 2.45) is 17.8 Å². The van der Waals surface area contributed by atoms with E-state index in [2.05, 4.69) is 43.3 Å². The van der Waals surface area contributed by atoms with Crippen molar-refractivity contribution in [3.8, 4) is 5.75 Å². The first-order chi connectivity index (χ1) is 11.8. The van der Waals surface area contributed by atoms with Crippen molar-refractivity contribution in [1.29, 1.82) is 0 Å². The second-order valence-corrected chi connectivity index (χ2v) is 7.58. The van der Waals surface area contributed by atoms with E-state index in [1.54, 1.807) is 0 Å². The molecule has 130 valence electrons. The van der Waals surface area contributed by atoms with Crippen molar-refractivity contribution in [3.63, 3.8) is 0 Å². The number of hydrogen-bond acceptors (Lipinski definition) is 1. The summed E-state index contributed by atoms with van der Waals surface area (Å²) in [7, 11) is 0. The molecule has 0 saturated heterocycles. The minimum atomic E-state index is 0.663. The van der Waals surface area contributed by atoms with Crippen LogP contribution in [-0.4, -0.2) is 6.61 Å². The van der Waals surface area contributed by atoms with E-state index in [4.69, 9.17) is 4.74 Å². The first-order valence-corrected chi connectivity index (χ1v) is 9.77. The van der Waals surface area contributed by atoms with E-state index in [0.717, 1.165) is 29.4 Å². The fourth-order valence-electron chi connectivity index (χ4n) is 4.75. The molecule has 0 heterocycles. The Hall–Kier alpha value is -1.50. The second kappa shape index (κ2) is 8.55. The van der Waals surface area contributed by atoms with Crippen LogP contribution < -0.4 is 4.74 Å². The van der Waals surface area contributed by atoms with Gasteiger partial charge in [0.05, 0.1) is 0 Å². The van der Waals surface area contributed by atoms with Crippen LogP contribution in [0.1, 0.15) is 63.9 Å². The van der Waals surface area contributed by atoms with E-state index in [0.29, 0.717) is 6.61 Å². The molecule has 0 radical (unpaired) electrons. The molecule has 1 aromatic carbocycles. The summed E-state index contributed by atoms with van der Waals surface area (Å²) in [4.78, 5) is 0. The quantitative estimate of drug-likeness (QED) is 0.560. The van der Waals surface area contributed by atoms with Gasteiger partial charge in [0, 0.05) is 0 Å². The molecule has 2 fully saturated rings. The highest BCUT2D eigenvalue weighted by Gasteiger charge is 2.35. The molecule has 0 spiro atoms. The number of allylic oxidation sites excluding steroid dienone is 3. The maximum Gasteiger partial charge on any atom is 0.119 e. The molecule has 1 unspecified atom stereocenters. The summed E-state index contributed by atoms with van der Waals surface area (Å²) in [5.41, 5.74) is 1.52. The Morgan fingerprint density at radius 2 is 1.67 bits per heavy atom. The van der Waals surface area contributed by atoms with Crippen LogP contribution >= 0.6 is 0 Å². The van der Waals surface area contributed by atoms with Gasteiger partial charge in [-0.05, 0) is 93.7 Å². The fraction of sp³-hybridized carbons (Fsp3) is 0.565. The molecule has 0 aromatic heterocycles. The summed E-state index contributed by atoms with van der Waals surface area (Å²) in [5.74, 6) is 4.52. The van der Waals surface area contributed by atoms with E-state index in [1.165, 1.54) is 44.1 Å². The van der Waals surface area contributed by atoms with Crippen LogP contribution in [0.4, 0.5) is 0 Å². The summed E-state index contributed by atoms with van der Waals surface area (Å²) < 4.78 is 5.72. The van der Waals surface area contributed by atoms with Gasteiger partial charge in [-0.1, -0.05) is 36.4 Å². The molecule has 1 heteroatoms. The Kier molecular flexibility index (Phi) is 6.18. The number of ether oxygens (including phenoxy) is 1. The fourth-order valence-corrected chi connectivity index (χ4v) is 4.75. The van der Waals surface area contributed by atoms with Crippen LogP contribution in [0.3, 0.4) is 0 Å². The monoisotopic (exact) mass is 324 g/mol. The van der Waals surface area contributed by atoms with E-state index >= 15 is 0 Å². The maximum absolute atomic E-state index is 5.72. The Morgan fingerprint density at radius 1 is 0.917 bits per heavy atom. The van der Waals surface area contributed by atoms with Crippen LogP contribution in [0, 0.1) is 17.8 Å². The summed E-state index contributed by atoms with van der Waals surface area (Å²) in [6.45, 7) is 4.85. The Bertz CT molecular complexity index is 554. The third-order valence-electron chi connectivity index (χ3n) is 6.05. The average molecular weight is 325 g/mol. The topological polar surface area (TPSA) is 9.23 Å². The zero-order valence-electron chi connectivity index (χ0n) is 15.3. The number of rotatable bonds is 5. The molecule has 0 aliphatic heterocycles. The molecule has 2 aliphatic carbocycles. The summed E-state index contributed by atoms with van der Waals surface area (Å²) in [6.07, 6.45) is 17.2. The third kappa shape index (κ3) is 4.32. The lowest BCUT2D eigenvalue weighted by molar-refractivity contribution is 0.133. The summed E-state index contributed by atoms with van der Waals surface area (Å²) in [6, 6.07) is 8.88. The van der Waals surface area contributed by atoms with Gasteiger partial charge in [0.2, 0.25) is 0 Å². The summed E-state index contributed by atoms with van der Waals surface area (Å²) in [5, 5.41) is 0. The van der Waals surface area contributed by atoms with Crippen LogP contribution in [-0.2, 0) is 0 Å². The average Bonchev–Trinajstić information content (AvgIpc) is 2.62. The molecule has 2 aliphatic rings. The molecule has 0 bridgehead atoms. The second-order valence-electron chi connectivity index (χ2n) is 7.58. The van der Waals surface area contributed by atoms with Gasteiger partial charge in [0.25, 0.3) is 0 Å². The molecule has 24 heavy (non-hydrogen) atoms. The molecule has 3 rings (SSSR count). The van der Waals surface area contributed by atoms with Gasteiger partial charge in [-0.3, -0.25) is 0 Å². The van der Waals surface area contributed by atoms with Crippen molar-refractivity contribution >= 4 is 0 Å². The smallest absolute Gasteiger partial charge is 0.119 e. The van der Waals surface area contributed by atoms with Crippen molar-refractivity contribution in [2.75, 3.05) is 6.61 Å². The summed E-state index contributed by atoms with van der Waals surface area (Å²) >= 11 is 0. The van der Waals surface area contributed by atoms with Crippen molar-refractivity contribution < 1.29 is 4.74 Å². The molecule has 0 amide bonds. The lowest BCUT2D eigenvalue weighted by Crippen LogP contribution is -2.30. The molecular weight excluding hydrogens is 292 g/mol. The molecule has 1 aromatic rings. The minimum Gasteiger partial charge on any atom is -0.490 e. The van der Waals surface area contributed by atoms with E-state index in [-0.39, 0.29) is 0 Å². The van der Waals surface area contributed by atoms with Gasteiger partial charge in [-0.2, -0.15) is 0 Å². The normalized spacial score (nSPS) is 30.6. The Morgan fingerprint density at radius 3 is 2.42 bits per heavy atom. The van der Waals surface area contributed by atoms with Gasteiger partial charge in [0.15, 0.2) is 0 Å². The number of benzene rings is 1. The van der Waals surface area contributed by atoms with Gasteiger partial charge >= 0.3 is 0 Å². The lowest BCUT2D eigenvalue weighted by atomic mass is 9.64. The Balaban J connectivity index is 1.56. The third-order valence-corrected chi connectivity index (χ3v) is 6.05. The highest BCUT2D eigenvalue weighted by atomic mass is 16.5. The van der Waals surface area contributed by atoms with Crippen LogP contribution in [0.25, 0.3) is 0 Å². The van der Waals surface area contributed by atoms with Crippen molar-refractivity contribution in [3.05, 3.63) is 54.1 Å². The van der Waals surface area contributed by atoms with Crippen LogP contribution in [0.5, 0.6) is 5.75 Å². The predicted molar refractivity (Wildman–Crippen MR) is 102 cm³/mol. The Labute approximate surface area is 147 Å². The lowest BCUT2D eigenvalue weighted by Gasteiger charge is -2.41. The van der Waals surface area contributed by atoms with Crippen molar-refractivity contribution in [2.45, 2.75) is 58.3 Å². The molecule has 0 N–H and O–H groups in total. The van der Waals surface area contributed by atoms with E-state index in [9.17, 15) is 0 Å². The largest absolute Gasteiger partial charge is 0.490 e. The first-order valence-electron chi connectivity index (χ1n) is 9.77. The van der Waals surface area contributed by atoms with Gasteiger partial charge < -0.3 is 4.74 Å². The highest BCUT2D eigenvalue weighted by molar-refractivity contribution is 5.30. The van der Waals surface area contributed by atoms with E-state index in [1.807, 2.05) is 19.1 Å². The zero-order valence-corrected chi connectivity index (χ0v) is 15.3. The van der Waals surface area contributed by atoms with Gasteiger partial charge in [0.1, 0.15) is 12.4 Å². The maximum atomic E-state index is 5.72. The predicted octanol–water partition coefficient (Wildman–Crippen LogP) is 6.52. The van der Waals surface area contributed by atoms with Crippen LogP contribution in [0.2, 0.25) is 0 Å². The van der Waals surface area contributed by atoms with Gasteiger partial charge in [-0.15, -0.1) is 0 Å². The standard InChI is InChI=1S/C23H32O/c1-3-5-15-24-23-13-11-19(12-14-23)21-10-9-20-16-18(6-4-2)7-8-22(20)17-21/h3-6,11-14,18,20-22H,7-10,15-17H2,1-2H3/b5-3+,6-4?/t18-,20-,21?,22-/m1/s1. The van der Waals surface area contributed by atoms with Crippen molar-refractivity contribution in [1.82, 2.24) is 0 Å². The highest BCUT2D eigenvalue weighted by Crippen LogP contribution is 2.47. The number of fused-ring (bicyclic) bond motifs is 1. The first kappa shape index (κ1) is 17.3. The molecule has 2 saturated carbocycles.